The number of benzene rings is 1. The van der Waals surface area contributed by atoms with Gasteiger partial charge < -0.3 is 20.9 Å². The standard InChI is InChI=1S/C17H21ClN4O2/c18-12-4-6-14(7-5-12)24-15-10-21-17(19)22-16(15)20-9-11-2-1-3-13(23)8-11/h4-7,10-11,13,23H,1-3,8-9H2,(H3,19,20,21,22)/t11-,13+/m0/s1. The van der Waals surface area contributed by atoms with Gasteiger partial charge >= 0.3 is 0 Å². The first-order chi connectivity index (χ1) is 11.6. The molecule has 0 radical (unpaired) electrons. The molecule has 1 aliphatic rings. The van der Waals surface area contributed by atoms with Gasteiger partial charge in [-0.05, 0) is 49.4 Å². The number of nitrogen functional groups attached to an aromatic ring is 1. The van der Waals surface area contributed by atoms with Crippen molar-refractivity contribution in [3.05, 3.63) is 35.5 Å². The quantitative estimate of drug-likeness (QED) is 0.766. The average molecular weight is 349 g/mol. The third-order valence-electron chi connectivity index (χ3n) is 4.13. The van der Waals surface area contributed by atoms with Gasteiger partial charge in [-0.3, -0.25) is 0 Å². The monoisotopic (exact) mass is 348 g/mol. The zero-order valence-corrected chi connectivity index (χ0v) is 14.0. The van der Waals surface area contributed by atoms with Crippen molar-refractivity contribution >= 4 is 23.4 Å². The Morgan fingerprint density at radius 1 is 1.29 bits per heavy atom. The largest absolute Gasteiger partial charge is 0.452 e. The Labute approximate surface area is 146 Å². The molecule has 1 aromatic carbocycles. The minimum Gasteiger partial charge on any atom is -0.452 e. The maximum atomic E-state index is 9.78. The molecule has 0 amide bonds. The highest BCUT2D eigenvalue weighted by Crippen LogP contribution is 2.30. The molecule has 4 N–H and O–H groups in total. The van der Waals surface area contributed by atoms with Crippen LogP contribution in [0.4, 0.5) is 11.8 Å². The summed E-state index contributed by atoms with van der Waals surface area (Å²) in [6.45, 7) is 0.713. The predicted molar refractivity (Wildman–Crippen MR) is 94.4 cm³/mol. The summed E-state index contributed by atoms with van der Waals surface area (Å²) in [6.07, 6.45) is 5.19. The van der Waals surface area contributed by atoms with Gasteiger partial charge in [-0.1, -0.05) is 18.0 Å². The fourth-order valence-electron chi connectivity index (χ4n) is 2.90. The number of nitrogens with two attached hydrogens (primary N) is 1. The van der Waals surface area contributed by atoms with E-state index in [4.69, 9.17) is 22.1 Å². The molecule has 0 spiro atoms. The maximum Gasteiger partial charge on any atom is 0.222 e. The molecule has 3 rings (SSSR count). The molecule has 0 bridgehead atoms. The molecule has 2 atom stereocenters. The first-order valence-corrected chi connectivity index (χ1v) is 8.46. The summed E-state index contributed by atoms with van der Waals surface area (Å²) < 4.78 is 5.83. The number of anilines is 2. The number of nitrogens with one attached hydrogen (secondary N) is 1. The van der Waals surface area contributed by atoms with Crippen molar-refractivity contribution in [3.63, 3.8) is 0 Å². The van der Waals surface area contributed by atoms with Gasteiger partial charge in [0.05, 0.1) is 12.3 Å². The number of nitrogens with zero attached hydrogens (tertiary/aromatic N) is 2. The number of aliphatic hydroxyl groups is 1. The van der Waals surface area contributed by atoms with E-state index in [1.165, 1.54) is 0 Å². The van der Waals surface area contributed by atoms with E-state index in [1.54, 1.807) is 30.5 Å². The van der Waals surface area contributed by atoms with E-state index < -0.39 is 0 Å². The van der Waals surface area contributed by atoms with Crippen LogP contribution in [0.3, 0.4) is 0 Å². The van der Waals surface area contributed by atoms with Crippen molar-refractivity contribution in [3.8, 4) is 11.5 Å². The topological polar surface area (TPSA) is 93.3 Å². The Kier molecular flexibility index (Phi) is 5.37. The highest BCUT2D eigenvalue weighted by atomic mass is 35.5. The van der Waals surface area contributed by atoms with Crippen LogP contribution in [0.15, 0.2) is 30.5 Å². The maximum absolute atomic E-state index is 9.78. The van der Waals surface area contributed by atoms with Gasteiger partial charge in [-0.15, -0.1) is 0 Å². The van der Waals surface area contributed by atoms with E-state index in [1.807, 2.05) is 0 Å². The normalized spacial score (nSPS) is 20.6. The fraction of sp³-hybridized carbons (Fsp3) is 0.412. The van der Waals surface area contributed by atoms with E-state index in [2.05, 4.69) is 15.3 Å². The molecule has 1 heterocycles. The summed E-state index contributed by atoms with van der Waals surface area (Å²) in [4.78, 5) is 8.23. The lowest BCUT2D eigenvalue weighted by molar-refractivity contribution is 0.104. The zero-order valence-electron chi connectivity index (χ0n) is 13.3. The van der Waals surface area contributed by atoms with Gasteiger partial charge in [0.1, 0.15) is 5.75 Å². The van der Waals surface area contributed by atoms with Crippen LogP contribution in [0.5, 0.6) is 11.5 Å². The minimum absolute atomic E-state index is 0.185. The van der Waals surface area contributed by atoms with Gasteiger partial charge in [0, 0.05) is 11.6 Å². The second kappa shape index (κ2) is 7.68. The minimum atomic E-state index is -0.203. The van der Waals surface area contributed by atoms with Gasteiger partial charge in [0.15, 0.2) is 11.6 Å². The van der Waals surface area contributed by atoms with Gasteiger partial charge in [0.25, 0.3) is 0 Å². The summed E-state index contributed by atoms with van der Waals surface area (Å²) in [6, 6.07) is 7.07. The van der Waals surface area contributed by atoms with Gasteiger partial charge in [0.2, 0.25) is 5.95 Å². The fourth-order valence-corrected chi connectivity index (χ4v) is 3.03. The molecule has 1 fully saturated rings. The van der Waals surface area contributed by atoms with E-state index in [9.17, 15) is 5.11 Å². The van der Waals surface area contributed by atoms with E-state index in [0.29, 0.717) is 34.8 Å². The van der Waals surface area contributed by atoms with Gasteiger partial charge in [-0.25, -0.2) is 4.98 Å². The third-order valence-corrected chi connectivity index (χ3v) is 4.38. The number of ether oxygens (including phenoxy) is 1. The van der Waals surface area contributed by atoms with Crippen molar-refractivity contribution in [2.24, 2.45) is 5.92 Å². The lowest BCUT2D eigenvalue weighted by atomic mass is 9.87. The van der Waals surface area contributed by atoms with E-state index in [-0.39, 0.29) is 12.1 Å². The summed E-state index contributed by atoms with van der Waals surface area (Å²) in [5, 5.41) is 13.7. The number of rotatable bonds is 5. The van der Waals surface area contributed by atoms with Crippen molar-refractivity contribution in [1.29, 1.82) is 0 Å². The van der Waals surface area contributed by atoms with Gasteiger partial charge in [-0.2, -0.15) is 4.98 Å². The van der Waals surface area contributed by atoms with E-state index >= 15 is 0 Å². The summed E-state index contributed by atoms with van der Waals surface area (Å²) in [7, 11) is 0. The molecule has 0 saturated heterocycles. The number of aliphatic hydroxyl groups excluding tert-OH is 1. The molecule has 6 nitrogen and oxygen atoms in total. The molecule has 7 heteroatoms. The van der Waals surface area contributed by atoms with Crippen LogP contribution in [-0.4, -0.2) is 27.7 Å². The molecule has 0 aliphatic heterocycles. The Balaban J connectivity index is 1.69. The Morgan fingerprint density at radius 2 is 2.08 bits per heavy atom. The molecule has 0 unspecified atom stereocenters. The van der Waals surface area contributed by atoms with Crippen molar-refractivity contribution in [2.45, 2.75) is 31.8 Å². The lowest BCUT2D eigenvalue weighted by Gasteiger charge is -2.26. The van der Waals surface area contributed by atoms with Crippen LogP contribution in [0.2, 0.25) is 5.02 Å². The number of halogens is 1. The molecule has 24 heavy (non-hydrogen) atoms. The third kappa shape index (κ3) is 4.49. The predicted octanol–water partition coefficient (Wildman–Crippen LogP) is 3.47. The Morgan fingerprint density at radius 3 is 2.83 bits per heavy atom. The average Bonchev–Trinajstić information content (AvgIpc) is 2.57. The number of hydrogen-bond donors (Lipinski definition) is 3. The van der Waals surface area contributed by atoms with Crippen LogP contribution in [0, 0.1) is 5.92 Å². The van der Waals surface area contributed by atoms with Crippen molar-refractivity contribution < 1.29 is 9.84 Å². The highest BCUT2D eigenvalue weighted by molar-refractivity contribution is 6.30. The second-order valence-corrected chi connectivity index (χ2v) is 6.50. The Bertz CT molecular complexity index is 681. The smallest absolute Gasteiger partial charge is 0.222 e. The summed E-state index contributed by atoms with van der Waals surface area (Å²) in [5.74, 6) is 2.29. The van der Waals surface area contributed by atoms with E-state index in [0.717, 1.165) is 25.7 Å². The summed E-state index contributed by atoms with van der Waals surface area (Å²) in [5.41, 5.74) is 5.70. The molecular formula is C17H21ClN4O2. The molecule has 1 aromatic heterocycles. The van der Waals surface area contributed by atoms with Crippen molar-refractivity contribution in [2.75, 3.05) is 17.6 Å². The first-order valence-electron chi connectivity index (χ1n) is 8.08. The van der Waals surface area contributed by atoms with Crippen LogP contribution in [0.25, 0.3) is 0 Å². The lowest BCUT2D eigenvalue weighted by Crippen LogP contribution is -2.25. The molecular weight excluding hydrogens is 328 g/mol. The second-order valence-electron chi connectivity index (χ2n) is 6.06. The highest BCUT2D eigenvalue weighted by Gasteiger charge is 2.20. The molecule has 128 valence electrons. The van der Waals surface area contributed by atoms with Crippen LogP contribution in [0.1, 0.15) is 25.7 Å². The van der Waals surface area contributed by atoms with Crippen LogP contribution >= 0.6 is 11.6 Å². The van der Waals surface area contributed by atoms with Crippen LogP contribution in [-0.2, 0) is 0 Å². The number of hydrogen-bond acceptors (Lipinski definition) is 6. The molecule has 1 saturated carbocycles. The zero-order chi connectivity index (χ0) is 16.9. The van der Waals surface area contributed by atoms with Crippen LogP contribution < -0.4 is 15.8 Å². The Hall–Kier alpha value is -2.05. The van der Waals surface area contributed by atoms with Crippen molar-refractivity contribution in [1.82, 2.24) is 9.97 Å². The summed E-state index contributed by atoms with van der Waals surface area (Å²) >= 11 is 5.88. The SMILES string of the molecule is Nc1ncc(Oc2ccc(Cl)cc2)c(NC[C@H]2CCC[C@@H](O)C2)n1. The molecule has 1 aliphatic carbocycles. The molecule has 2 aromatic rings. The number of aromatic nitrogens is 2. The first kappa shape index (κ1) is 16.8.